The number of sulfonamides is 1. The van der Waals surface area contributed by atoms with E-state index in [9.17, 15) is 13.5 Å². The van der Waals surface area contributed by atoms with Crippen molar-refractivity contribution in [3.8, 4) is 17.0 Å². The third-order valence-corrected chi connectivity index (χ3v) is 9.05. The molecule has 0 amide bonds. The van der Waals surface area contributed by atoms with E-state index in [-0.39, 0.29) is 5.75 Å². The van der Waals surface area contributed by atoms with Crippen LogP contribution in [0, 0.1) is 0 Å². The van der Waals surface area contributed by atoms with Gasteiger partial charge in [0.25, 0.3) is 0 Å². The lowest BCUT2D eigenvalue weighted by Crippen LogP contribution is -2.37. The Morgan fingerprint density at radius 1 is 1.05 bits per heavy atom. The normalized spacial score (nSPS) is 17.0. The summed E-state index contributed by atoms with van der Waals surface area (Å²) in [5.41, 5.74) is 5.91. The molecule has 38 heavy (non-hydrogen) atoms. The van der Waals surface area contributed by atoms with Crippen LogP contribution in [-0.2, 0) is 47.1 Å². The maximum absolute atomic E-state index is 12.4. The van der Waals surface area contributed by atoms with Crippen molar-refractivity contribution in [2.24, 2.45) is 0 Å². The minimum Gasteiger partial charge on any atom is -0.508 e. The van der Waals surface area contributed by atoms with Crippen LogP contribution in [0.5, 0.6) is 5.75 Å². The van der Waals surface area contributed by atoms with E-state index >= 15 is 0 Å². The average molecular weight is 559 g/mol. The van der Waals surface area contributed by atoms with E-state index in [0.29, 0.717) is 31.0 Å². The SMILES string of the molecule is CS(=O)(=O)N1CCc2c(c(-c3ccc(Cl)c(CCc4cccc(O)c4)c3)nn2CCCN2CCOCC2)C1. The molecule has 0 unspecified atom stereocenters. The lowest BCUT2D eigenvalue weighted by Gasteiger charge is -2.27. The molecule has 2 aromatic carbocycles. The van der Waals surface area contributed by atoms with Crippen molar-refractivity contribution in [2.45, 2.75) is 38.8 Å². The van der Waals surface area contributed by atoms with Gasteiger partial charge >= 0.3 is 0 Å². The maximum Gasteiger partial charge on any atom is 0.211 e. The highest BCUT2D eigenvalue weighted by Crippen LogP contribution is 2.33. The van der Waals surface area contributed by atoms with Crippen LogP contribution in [0.2, 0.25) is 5.02 Å². The van der Waals surface area contributed by atoms with Crippen LogP contribution in [0.1, 0.15) is 28.8 Å². The van der Waals surface area contributed by atoms with Crippen molar-refractivity contribution >= 4 is 21.6 Å². The van der Waals surface area contributed by atoms with Gasteiger partial charge in [0.1, 0.15) is 5.75 Å². The molecule has 8 nitrogen and oxygen atoms in total. The Morgan fingerprint density at radius 2 is 1.87 bits per heavy atom. The highest BCUT2D eigenvalue weighted by atomic mass is 35.5. The molecule has 0 atom stereocenters. The number of aromatic nitrogens is 2. The first-order chi connectivity index (χ1) is 18.3. The summed E-state index contributed by atoms with van der Waals surface area (Å²) < 4.78 is 33.9. The van der Waals surface area contributed by atoms with Gasteiger partial charge in [0.05, 0.1) is 25.2 Å². The first kappa shape index (κ1) is 27.1. The third-order valence-electron chi connectivity index (χ3n) is 7.43. The molecule has 0 radical (unpaired) electrons. The van der Waals surface area contributed by atoms with Crippen LogP contribution in [0.25, 0.3) is 11.3 Å². The van der Waals surface area contributed by atoms with E-state index in [2.05, 4.69) is 15.6 Å². The molecule has 1 saturated heterocycles. The molecule has 0 bridgehead atoms. The Kier molecular flexibility index (Phi) is 8.40. The van der Waals surface area contributed by atoms with Gasteiger partial charge in [-0.1, -0.05) is 29.8 Å². The Morgan fingerprint density at radius 3 is 2.63 bits per heavy atom. The Hall–Kier alpha value is -2.43. The van der Waals surface area contributed by atoms with Gasteiger partial charge in [-0.2, -0.15) is 9.40 Å². The fourth-order valence-corrected chi connectivity index (χ4v) is 6.34. The van der Waals surface area contributed by atoms with Gasteiger partial charge in [0, 0.05) is 67.5 Å². The summed E-state index contributed by atoms with van der Waals surface area (Å²) in [6.45, 7) is 6.06. The van der Waals surface area contributed by atoms with Crippen molar-refractivity contribution in [1.29, 1.82) is 0 Å². The zero-order valence-electron chi connectivity index (χ0n) is 21.8. The predicted molar refractivity (Wildman–Crippen MR) is 149 cm³/mol. The summed E-state index contributed by atoms with van der Waals surface area (Å²) in [7, 11) is -3.31. The third kappa shape index (κ3) is 6.40. The van der Waals surface area contributed by atoms with Gasteiger partial charge in [-0.3, -0.25) is 9.58 Å². The molecule has 1 aromatic heterocycles. The van der Waals surface area contributed by atoms with Gasteiger partial charge in [-0.15, -0.1) is 0 Å². The van der Waals surface area contributed by atoms with Gasteiger partial charge in [0.2, 0.25) is 10.0 Å². The molecule has 5 rings (SSSR count). The zero-order valence-corrected chi connectivity index (χ0v) is 23.3. The number of fused-ring (bicyclic) bond motifs is 1. The second-order valence-corrected chi connectivity index (χ2v) is 12.5. The van der Waals surface area contributed by atoms with E-state index in [0.717, 1.165) is 85.9 Å². The number of halogens is 1. The largest absolute Gasteiger partial charge is 0.508 e. The molecule has 1 N–H and O–H groups in total. The van der Waals surface area contributed by atoms with E-state index < -0.39 is 10.0 Å². The van der Waals surface area contributed by atoms with Gasteiger partial charge in [-0.25, -0.2) is 8.42 Å². The first-order valence-corrected chi connectivity index (χ1v) is 15.4. The predicted octanol–water partition coefficient (Wildman–Crippen LogP) is 3.73. The van der Waals surface area contributed by atoms with Crippen molar-refractivity contribution in [3.05, 3.63) is 69.9 Å². The number of nitrogens with zero attached hydrogens (tertiary/aromatic N) is 4. The second-order valence-electron chi connectivity index (χ2n) is 10.1. The Bertz CT molecular complexity index is 1390. The quantitative estimate of drug-likeness (QED) is 0.430. The van der Waals surface area contributed by atoms with Crippen molar-refractivity contribution < 1.29 is 18.3 Å². The fourth-order valence-electron chi connectivity index (χ4n) is 5.34. The molecule has 10 heteroatoms. The van der Waals surface area contributed by atoms with Gasteiger partial charge < -0.3 is 9.84 Å². The van der Waals surface area contributed by atoms with Crippen LogP contribution in [0.4, 0.5) is 0 Å². The van der Waals surface area contributed by atoms with Gasteiger partial charge in [-0.05, 0) is 54.7 Å². The van der Waals surface area contributed by atoms with E-state index in [1.807, 2.05) is 24.3 Å². The highest BCUT2D eigenvalue weighted by Gasteiger charge is 2.30. The van der Waals surface area contributed by atoms with Crippen LogP contribution in [0.3, 0.4) is 0 Å². The summed E-state index contributed by atoms with van der Waals surface area (Å²) in [6.07, 6.45) is 4.35. The number of benzene rings is 2. The molecule has 2 aliphatic rings. The Balaban J connectivity index is 1.40. The van der Waals surface area contributed by atoms with Crippen molar-refractivity contribution in [2.75, 3.05) is 45.6 Å². The maximum atomic E-state index is 12.4. The number of morpholine rings is 1. The number of phenols is 1. The van der Waals surface area contributed by atoms with Crippen molar-refractivity contribution in [3.63, 3.8) is 0 Å². The molecule has 204 valence electrons. The summed E-state index contributed by atoms with van der Waals surface area (Å²) in [5, 5.41) is 15.5. The van der Waals surface area contributed by atoms with E-state index in [1.54, 1.807) is 12.1 Å². The van der Waals surface area contributed by atoms with Gasteiger partial charge in [0.15, 0.2) is 0 Å². The molecular formula is C28H35ClN4O4S. The van der Waals surface area contributed by atoms with E-state index in [4.69, 9.17) is 21.4 Å². The lowest BCUT2D eigenvalue weighted by molar-refractivity contribution is 0.0368. The van der Waals surface area contributed by atoms with E-state index in [1.165, 1.54) is 10.6 Å². The number of aryl methyl sites for hydroxylation is 3. The molecule has 3 heterocycles. The number of hydrogen-bond acceptors (Lipinski definition) is 6. The first-order valence-electron chi connectivity index (χ1n) is 13.2. The zero-order chi connectivity index (χ0) is 26.7. The molecule has 1 fully saturated rings. The van der Waals surface area contributed by atoms with Crippen LogP contribution >= 0.6 is 11.6 Å². The van der Waals surface area contributed by atoms with Crippen LogP contribution in [0.15, 0.2) is 42.5 Å². The smallest absolute Gasteiger partial charge is 0.211 e. The number of ether oxygens (including phenoxy) is 1. The standard InChI is InChI=1S/C28H35ClN4O4S/c1-38(35,36)32-13-10-27-25(20-32)28(30-33(27)12-3-11-31-14-16-37-17-15-31)23-8-9-26(29)22(19-23)7-6-21-4-2-5-24(34)18-21/h2,4-5,8-9,18-19,34H,3,6-7,10-17,20H2,1H3. The summed E-state index contributed by atoms with van der Waals surface area (Å²) in [4.78, 5) is 2.42. The van der Waals surface area contributed by atoms with Crippen molar-refractivity contribution in [1.82, 2.24) is 19.0 Å². The minimum absolute atomic E-state index is 0.253. The molecule has 0 aliphatic carbocycles. The number of hydrogen-bond donors (Lipinski definition) is 1. The summed E-state index contributed by atoms with van der Waals surface area (Å²) >= 11 is 6.58. The lowest BCUT2D eigenvalue weighted by atomic mass is 9.98. The number of phenolic OH excluding ortho intramolecular Hbond substituents is 1. The molecule has 2 aliphatic heterocycles. The molecule has 3 aromatic rings. The molecule has 0 spiro atoms. The minimum atomic E-state index is -3.31. The van der Waals surface area contributed by atoms with Crippen LogP contribution < -0.4 is 0 Å². The fraction of sp³-hybridized carbons (Fsp3) is 0.464. The molecule has 0 saturated carbocycles. The number of rotatable bonds is 9. The topological polar surface area (TPSA) is 87.9 Å². The summed E-state index contributed by atoms with van der Waals surface area (Å²) in [5.74, 6) is 0.253. The average Bonchev–Trinajstić information content (AvgIpc) is 3.26. The highest BCUT2D eigenvalue weighted by molar-refractivity contribution is 7.88. The van der Waals surface area contributed by atoms with Crippen LogP contribution in [-0.4, -0.2) is 78.2 Å². The number of aromatic hydroxyl groups is 1. The second kappa shape index (κ2) is 11.8. The Labute approximate surface area is 229 Å². The molecular weight excluding hydrogens is 524 g/mol. The monoisotopic (exact) mass is 558 g/mol. The summed E-state index contributed by atoms with van der Waals surface area (Å²) in [6, 6.07) is 13.2.